The highest BCUT2D eigenvalue weighted by molar-refractivity contribution is 7.53. The molecule has 0 aliphatic heterocycles. The second kappa shape index (κ2) is 6.83. The first-order chi connectivity index (χ1) is 8.12. The number of rotatable bonds is 6. The Balaban J connectivity index is 2.93. The van der Waals surface area contributed by atoms with E-state index >= 15 is 0 Å². The summed E-state index contributed by atoms with van der Waals surface area (Å²) in [6.07, 6.45) is 0. The van der Waals surface area contributed by atoms with Gasteiger partial charge in [0.15, 0.2) is 0 Å². The van der Waals surface area contributed by atoms with Crippen molar-refractivity contribution in [2.75, 3.05) is 36.9 Å². The van der Waals surface area contributed by atoms with Crippen LogP contribution in [0.3, 0.4) is 0 Å². The Bertz CT molecular complexity index is 353. The van der Waals surface area contributed by atoms with Crippen LogP contribution in [0.4, 0.5) is 11.4 Å². The Kier molecular flexibility index (Phi) is 5.73. The molecule has 1 rings (SSSR count). The van der Waals surface area contributed by atoms with Crippen molar-refractivity contribution in [3.63, 3.8) is 0 Å². The van der Waals surface area contributed by atoms with Gasteiger partial charge in [0.25, 0.3) is 0 Å². The lowest BCUT2D eigenvalue weighted by Gasteiger charge is -2.23. The van der Waals surface area contributed by atoms with Crippen LogP contribution in [0.1, 0.15) is 19.4 Å². The van der Waals surface area contributed by atoms with Crippen LogP contribution in [0.5, 0.6) is 0 Å². The quantitative estimate of drug-likeness (QED) is 0.780. The zero-order valence-corrected chi connectivity index (χ0v) is 12.3. The summed E-state index contributed by atoms with van der Waals surface area (Å²) in [5.74, 6) is 0. The molecule has 17 heavy (non-hydrogen) atoms. The second-order valence-corrected chi connectivity index (χ2v) is 5.55. The van der Waals surface area contributed by atoms with Crippen molar-refractivity contribution in [3.05, 3.63) is 23.8 Å². The Labute approximate surface area is 106 Å². The predicted octanol–water partition coefficient (Wildman–Crippen LogP) is 3.84. The van der Waals surface area contributed by atoms with Gasteiger partial charge in [0.05, 0.1) is 0 Å². The maximum Gasteiger partial charge on any atom is 0.126 e. The van der Waals surface area contributed by atoms with Gasteiger partial charge in [0.2, 0.25) is 0 Å². The lowest BCUT2D eigenvalue weighted by molar-refractivity contribution is 0.468. The second-order valence-electron chi connectivity index (χ2n) is 3.96. The number of nitrogens with zero attached hydrogens (tertiary/aromatic N) is 1. The van der Waals surface area contributed by atoms with Gasteiger partial charge in [-0.1, -0.05) is 6.07 Å². The van der Waals surface area contributed by atoms with Crippen molar-refractivity contribution < 1.29 is 4.52 Å². The summed E-state index contributed by atoms with van der Waals surface area (Å²) in [6.45, 7) is 10.6. The van der Waals surface area contributed by atoms with Crippen molar-refractivity contribution >= 4 is 19.7 Å². The van der Waals surface area contributed by atoms with Crippen molar-refractivity contribution in [1.29, 1.82) is 0 Å². The molecule has 0 radical (unpaired) electrons. The molecule has 0 saturated carbocycles. The third-order valence-electron chi connectivity index (χ3n) is 2.90. The maximum absolute atomic E-state index is 5.30. The van der Waals surface area contributed by atoms with E-state index in [0.717, 1.165) is 13.1 Å². The molecule has 0 aliphatic rings. The SMILES string of the molecule is CCN(CC)c1ccc(C)c(NP(C)OC)c1. The molecule has 1 aromatic carbocycles. The minimum Gasteiger partial charge on any atom is -0.372 e. The highest BCUT2D eigenvalue weighted by Gasteiger charge is 2.07. The standard InChI is InChI=1S/C13H23N2OP/c1-6-15(7-2)12-9-8-11(3)13(10-12)14-17(5)16-4/h8-10,14H,6-7H2,1-5H3. The van der Waals surface area contributed by atoms with Crippen LogP contribution >= 0.6 is 8.30 Å². The number of anilines is 2. The van der Waals surface area contributed by atoms with E-state index in [1.807, 2.05) is 0 Å². The third-order valence-corrected chi connectivity index (χ3v) is 4.01. The largest absolute Gasteiger partial charge is 0.372 e. The summed E-state index contributed by atoms with van der Waals surface area (Å²) in [7, 11) is 1.16. The normalized spacial score (nSPS) is 12.3. The van der Waals surface area contributed by atoms with E-state index in [9.17, 15) is 0 Å². The third kappa shape index (κ3) is 3.86. The molecule has 1 unspecified atom stereocenters. The first kappa shape index (κ1) is 14.3. The molecular weight excluding hydrogens is 231 g/mol. The van der Waals surface area contributed by atoms with Crippen molar-refractivity contribution in [3.8, 4) is 0 Å². The highest BCUT2D eigenvalue weighted by atomic mass is 31.2. The molecule has 4 heteroatoms. The van der Waals surface area contributed by atoms with Crippen LogP contribution < -0.4 is 9.99 Å². The Morgan fingerprint density at radius 2 is 1.94 bits per heavy atom. The van der Waals surface area contributed by atoms with Gasteiger partial charge in [-0.15, -0.1) is 0 Å². The molecular formula is C13H23N2OP. The molecule has 0 aliphatic carbocycles. The fourth-order valence-electron chi connectivity index (χ4n) is 1.73. The maximum atomic E-state index is 5.30. The van der Waals surface area contributed by atoms with Crippen molar-refractivity contribution in [2.45, 2.75) is 20.8 Å². The summed E-state index contributed by atoms with van der Waals surface area (Å²) in [4.78, 5) is 2.34. The van der Waals surface area contributed by atoms with Gasteiger partial charge >= 0.3 is 0 Å². The summed E-state index contributed by atoms with van der Waals surface area (Å²) < 4.78 is 5.30. The van der Waals surface area contributed by atoms with E-state index in [-0.39, 0.29) is 0 Å². The molecule has 0 spiro atoms. The molecule has 0 amide bonds. The molecule has 0 bridgehead atoms. The zero-order chi connectivity index (χ0) is 12.8. The minimum atomic E-state index is -0.580. The first-order valence-corrected chi connectivity index (χ1v) is 7.73. The number of benzene rings is 1. The van der Waals surface area contributed by atoms with E-state index < -0.39 is 8.30 Å². The molecule has 0 heterocycles. The fourth-order valence-corrected chi connectivity index (χ4v) is 2.40. The van der Waals surface area contributed by atoms with Crippen molar-refractivity contribution in [1.82, 2.24) is 0 Å². The average Bonchev–Trinajstić information content (AvgIpc) is 2.34. The van der Waals surface area contributed by atoms with Crippen molar-refractivity contribution in [2.24, 2.45) is 0 Å². The predicted molar refractivity (Wildman–Crippen MR) is 78.2 cm³/mol. The monoisotopic (exact) mass is 254 g/mol. The summed E-state index contributed by atoms with van der Waals surface area (Å²) in [5.41, 5.74) is 3.69. The number of aryl methyl sites for hydroxylation is 1. The van der Waals surface area contributed by atoms with Gasteiger partial charge < -0.3 is 14.5 Å². The van der Waals surface area contributed by atoms with Crippen LogP contribution in [0.25, 0.3) is 0 Å². The smallest absolute Gasteiger partial charge is 0.126 e. The Morgan fingerprint density at radius 1 is 1.29 bits per heavy atom. The first-order valence-electron chi connectivity index (χ1n) is 6.02. The molecule has 1 aromatic rings. The van der Waals surface area contributed by atoms with Gasteiger partial charge in [-0.05, 0) is 45.1 Å². The minimum absolute atomic E-state index is 0.580. The lowest BCUT2D eigenvalue weighted by atomic mass is 10.1. The molecule has 1 atom stereocenters. The molecule has 96 valence electrons. The van der Waals surface area contributed by atoms with Gasteiger partial charge in [-0.3, -0.25) is 0 Å². The zero-order valence-electron chi connectivity index (χ0n) is 11.4. The van der Waals surface area contributed by atoms with Crippen LogP contribution in [0.2, 0.25) is 0 Å². The summed E-state index contributed by atoms with van der Waals surface area (Å²) in [6, 6.07) is 6.55. The van der Waals surface area contributed by atoms with E-state index in [2.05, 4.69) is 55.6 Å². The van der Waals surface area contributed by atoms with Gasteiger partial charge in [-0.2, -0.15) is 0 Å². The summed E-state index contributed by atoms with van der Waals surface area (Å²) in [5, 5.41) is 3.42. The number of hydrogen-bond acceptors (Lipinski definition) is 3. The topological polar surface area (TPSA) is 24.5 Å². The van der Waals surface area contributed by atoms with E-state index in [0.29, 0.717) is 0 Å². The van der Waals surface area contributed by atoms with Gasteiger partial charge in [0.1, 0.15) is 8.30 Å². The van der Waals surface area contributed by atoms with Crippen LogP contribution in [-0.2, 0) is 4.52 Å². The van der Waals surface area contributed by atoms with E-state index in [4.69, 9.17) is 4.52 Å². The molecule has 1 N–H and O–H groups in total. The highest BCUT2D eigenvalue weighted by Crippen LogP contribution is 2.35. The van der Waals surface area contributed by atoms with Crippen LogP contribution in [-0.4, -0.2) is 26.9 Å². The van der Waals surface area contributed by atoms with E-state index in [1.54, 1.807) is 7.11 Å². The van der Waals surface area contributed by atoms with Gasteiger partial charge in [0, 0.05) is 31.6 Å². The van der Waals surface area contributed by atoms with Crippen LogP contribution in [0, 0.1) is 6.92 Å². The number of hydrogen-bond donors (Lipinski definition) is 1. The summed E-state index contributed by atoms with van der Waals surface area (Å²) >= 11 is 0. The Hall–Kier alpha value is -0.790. The molecule has 3 nitrogen and oxygen atoms in total. The average molecular weight is 254 g/mol. The molecule has 0 fully saturated rings. The van der Waals surface area contributed by atoms with Crippen LogP contribution in [0.15, 0.2) is 18.2 Å². The Morgan fingerprint density at radius 3 is 2.47 bits per heavy atom. The van der Waals surface area contributed by atoms with Gasteiger partial charge in [-0.25, -0.2) is 0 Å². The molecule has 0 aromatic heterocycles. The van der Waals surface area contributed by atoms with E-state index in [1.165, 1.54) is 16.9 Å². The molecule has 0 saturated heterocycles. The lowest BCUT2D eigenvalue weighted by Crippen LogP contribution is -2.21. The fraction of sp³-hybridized carbons (Fsp3) is 0.538. The number of nitrogens with one attached hydrogen (secondary N) is 1.